The van der Waals surface area contributed by atoms with E-state index in [0.717, 1.165) is 17.5 Å². The topological polar surface area (TPSA) is 43.3 Å². The van der Waals surface area contributed by atoms with Crippen molar-refractivity contribution in [1.82, 2.24) is 4.57 Å². The lowest BCUT2D eigenvalue weighted by Gasteiger charge is -2.10. The Kier molecular flexibility index (Phi) is 4.16. The Bertz CT molecular complexity index is 705. The number of amides is 1. The van der Waals surface area contributed by atoms with Crippen molar-refractivity contribution in [3.8, 4) is 5.75 Å². The zero-order valence-corrected chi connectivity index (χ0v) is 12.3. The summed E-state index contributed by atoms with van der Waals surface area (Å²) < 4.78 is 42.2. The number of carbonyl (C=O) groups excluding carboxylic acids is 1. The fourth-order valence-electron chi connectivity index (χ4n) is 2.05. The van der Waals surface area contributed by atoms with Gasteiger partial charge >= 0.3 is 6.36 Å². The Balaban J connectivity index is 2.18. The Hall–Kier alpha value is -2.44. The van der Waals surface area contributed by atoms with Crippen molar-refractivity contribution < 1.29 is 22.7 Å². The molecule has 0 aliphatic heterocycles. The predicted molar refractivity (Wildman–Crippen MR) is 76.0 cm³/mol. The highest BCUT2D eigenvalue weighted by Crippen LogP contribution is 2.25. The van der Waals surface area contributed by atoms with Gasteiger partial charge in [0, 0.05) is 30.2 Å². The van der Waals surface area contributed by atoms with Crippen molar-refractivity contribution in [3.05, 3.63) is 47.3 Å². The lowest BCUT2D eigenvalue weighted by atomic mass is 10.2. The second kappa shape index (κ2) is 5.75. The van der Waals surface area contributed by atoms with Gasteiger partial charge in [0.15, 0.2) is 0 Å². The fourth-order valence-corrected chi connectivity index (χ4v) is 2.05. The molecular weight excluding hydrogens is 297 g/mol. The summed E-state index contributed by atoms with van der Waals surface area (Å²) in [5, 5.41) is 2.57. The van der Waals surface area contributed by atoms with E-state index in [2.05, 4.69) is 10.1 Å². The van der Waals surface area contributed by atoms with Crippen LogP contribution in [0.3, 0.4) is 0 Å². The van der Waals surface area contributed by atoms with Crippen LogP contribution in [-0.2, 0) is 7.05 Å². The predicted octanol–water partition coefficient (Wildman–Crippen LogP) is 3.79. The molecule has 1 amide bonds. The van der Waals surface area contributed by atoms with Gasteiger partial charge in [-0.1, -0.05) is 6.07 Å². The molecule has 22 heavy (non-hydrogen) atoms. The number of hydrogen-bond acceptors (Lipinski definition) is 2. The monoisotopic (exact) mass is 312 g/mol. The first kappa shape index (κ1) is 15.9. The van der Waals surface area contributed by atoms with Crippen molar-refractivity contribution >= 4 is 11.6 Å². The third kappa shape index (κ3) is 3.60. The lowest BCUT2D eigenvalue weighted by molar-refractivity contribution is -0.274. The smallest absolute Gasteiger partial charge is 0.406 e. The number of benzene rings is 1. The number of aryl methyl sites for hydroxylation is 1. The summed E-state index contributed by atoms with van der Waals surface area (Å²) in [5.41, 5.74) is 2.39. The van der Waals surface area contributed by atoms with Gasteiger partial charge in [0.2, 0.25) is 0 Å². The Labute approximate surface area is 125 Å². The Morgan fingerprint density at radius 1 is 1.23 bits per heavy atom. The van der Waals surface area contributed by atoms with Crippen LogP contribution < -0.4 is 10.1 Å². The molecule has 0 aliphatic carbocycles. The molecule has 1 aromatic heterocycles. The molecule has 0 aliphatic rings. The van der Waals surface area contributed by atoms with E-state index in [4.69, 9.17) is 0 Å². The highest BCUT2D eigenvalue weighted by Gasteiger charge is 2.31. The van der Waals surface area contributed by atoms with E-state index in [0.29, 0.717) is 5.56 Å². The van der Waals surface area contributed by atoms with Crippen LogP contribution in [-0.4, -0.2) is 16.8 Å². The Morgan fingerprint density at radius 3 is 2.45 bits per heavy atom. The standard InChI is InChI=1S/C15H15F3N2O2/c1-9-7-13(10(2)20(9)3)14(21)19-11-5-4-6-12(8-11)22-15(16,17)18/h4-8H,1-3H3,(H,19,21). The number of nitrogens with zero attached hydrogens (tertiary/aromatic N) is 1. The van der Waals surface area contributed by atoms with Crippen molar-refractivity contribution in [3.63, 3.8) is 0 Å². The highest BCUT2D eigenvalue weighted by atomic mass is 19.4. The zero-order valence-electron chi connectivity index (χ0n) is 12.3. The maximum Gasteiger partial charge on any atom is 0.573 e. The van der Waals surface area contributed by atoms with Crippen LogP contribution in [0.5, 0.6) is 5.75 Å². The minimum absolute atomic E-state index is 0.229. The van der Waals surface area contributed by atoms with E-state index in [1.165, 1.54) is 18.2 Å². The number of halogens is 3. The van der Waals surface area contributed by atoms with Crippen LogP contribution in [0.2, 0.25) is 0 Å². The summed E-state index contributed by atoms with van der Waals surface area (Å²) >= 11 is 0. The van der Waals surface area contributed by atoms with Gasteiger partial charge in [-0.2, -0.15) is 0 Å². The van der Waals surface area contributed by atoms with Crippen molar-refractivity contribution in [2.24, 2.45) is 7.05 Å². The van der Waals surface area contributed by atoms with Gasteiger partial charge in [0.1, 0.15) is 5.75 Å². The van der Waals surface area contributed by atoms with Gasteiger partial charge in [-0.15, -0.1) is 13.2 Å². The van der Waals surface area contributed by atoms with Gasteiger partial charge in [0.05, 0.1) is 5.56 Å². The molecule has 7 heteroatoms. The minimum atomic E-state index is -4.77. The molecule has 4 nitrogen and oxygen atoms in total. The highest BCUT2D eigenvalue weighted by molar-refractivity contribution is 6.05. The third-order valence-corrected chi connectivity index (χ3v) is 3.35. The van der Waals surface area contributed by atoms with E-state index in [1.807, 2.05) is 18.5 Å². The molecule has 0 saturated heterocycles. The van der Waals surface area contributed by atoms with Gasteiger partial charge in [-0.05, 0) is 32.0 Å². The fraction of sp³-hybridized carbons (Fsp3) is 0.267. The van der Waals surface area contributed by atoms with Crippen molar-refractivity contribution in [1.29, 1.82) is 0 Å². The second-order valence-electron chi connectivity index (χ2n) is 4.87. The van der Waals surface area contributed by atoms with Crippen LogP contribution in [0, 0.1) is 13.8 Å². The summed E-state index contributed by atoms with van der Waals surface area (Å²) in [4.78, 5) is 12.2. The molecule has 0 atom stereocenters. The maximum absolute atomic E-state index is 12.2. The second-order valence-corrected chi connectivity index (χ2v) is 4.87. The number of nitrogens with one attached hydrogen (secondary N) is 1. The number of carbonyl (C=O) groups is 1. The van der Waals surface area contributed by atoms with Crippen LogP contribution in [0.4, 0.5) is 18.9 Å². The minimum Gasteiger partial charge on any atom is -0.406 e. The molecule has 0 fully saturated rings. The molecule has 0 spiro atoms. The van der Waals surface area contributed by atoms with E-state index >= 15 is 0 Å². The number of alkyl halides is 3. The third-order valence-electron chi connectivity index (χ3n) is 3.35. The van der Waals surface area contributed by atoms with Gasteiger partial charge in [-0.25, -0.2) is 0 Å². The van der Waals surface area contributed by atoms with E-state index in [1.54, 1.807) is 13.0 Å². The molecular formula is C15H15F3N2O2. The van der Waals surface area contributed by atoms with Crippen LogP contribution >= 0.6 is 0 Å². The quantitative estimate of drug-likeness (QED) is 0.937. The molecule has 1 aromatic carbocycles. The zero-order chi connectivity index (χ0) is 16.5. The molecule has 0 saturated carbocycles. The molecule has 1 N–H and O–H groups in total. The first-order chi connectivity index (χ1) is 10.2. The molecule has 118 valence electrons. The normalized spacial score (nSPS) is 11.4. The van der Waals surface area contributed by atoms with Crippen molar-refractivity contribution in [2.75, 3.05) is 5.32 Å². The summed E-state index contributed by atoms with van der Waals surface area (Å²) in [6.45, 7) is 3.66. The van der Waals surface area contributed by atoms with Gasteiger partial charge < -0.3 is 14.6 Å². The maximum atomic E-state index is 12.2. The first-order valence-corrected chi connectivity index (χ1v) is 6.47. The van der Waals surface area contributed by atoms with Gasteiger partial charge in [0.25, 0.3) is 5.91 Å². The largest absolute Gasteiger partial charge is 0.573 e. The lowest BCUT2D eigenvalue weighted by Crippen LogP contribution is -2.17. The summed E-state index contributed by atoms with van der Waals surface area (Å²) in [5.74, 6) is -0.767. The SMILES string of the molecule is Cc1cc(C(=O)Nc2cccc(OC(F)(F)F)c2)c(C)n1C. The summed E-state index contributed by atoms with van der Waals surface area (Å²) in [6, 6.07) is 6.88. The summed E-state index contributed by atoms with van der Waals surface area (Å²) in [6.07, 6.45) is -4.77. The number of rotatable bonds is 3. The Morgan fingerprint density at radius 2 is 1.91 bits per heavy atom. The molecule has 0 unspecified atom stereocenters. The number of hydrogen-bond donors (Lipinski definition) is 1. The summed E-state index contributed by atoms with van der Waals surface area (Å²) in [7, 11) is 1.83. The van der Waals surface area contributed by atoms with Gasteiger partial charge in [-0.3, -0.25) is 4.79 Å². The average Bonchev–Trinajstić information content (AvgIpc) is 2.65. The molecule has 2 rings (SSSR count). The number of aromatic nitrogens is 1. The van der Waals surface area contributed by atoms with E-state index < -0.39 is 6.36 Å². The van der Waals surface area contributed by atoms with Crippen LogP contribution in [0.1, 0.15) is 21.7 Å². The average molecular weight is 312 g/mol. The molecule has 1 heterocycles. The van der Waals surface area contributed by atoms with Crippen molar-refractivity contribution in [2.45, 2.75) is 20.2 Å². The number of ether oxygens (including phenoxy) is 1. The molecule has 0 bridgehead atoms. The number of anilines is 1. The molecule has 2 aromatic rings. The van der Waals surface area contributed by atoms with Crippen LogP contribution in [0.25, 0.3) is 0 Å². The van der Waals surface area contributed by atoms with Crippen LogP contribution in [0.15, 0.2) is 30.3 Å². The first-order valence-electron chi connectivity index (χ1n) is 6.47. The molecule has 0 radical (unpaired) electrons. The van der Waals surface area contributed by atoms with E-state index in [9.17, 15) is 18.0 Å². The van der Waals surface area contributed by atoms with E-state index in [-0.39, 0.29) is 17.3 Å².